The van der Waals surface area contributed by atoms with E-state index in [-0.39, 0.29) is 44.4 Å². The van der Waals surface area contributed by atoms with Crippen LogP contribution in [0.3, 0.4) is 0 Å². The number of nitrogens with zero attached hydrogens (tertiary/aromatic N) is 2. The van der Waals surface area contributed by atoms with E-state index in [1.54, 1.807) is 60.2 Å². The number of carbonyl (C=O) groups is 4. The van der Waals surface area contributed by atoms with Gasteiger partial charge in [-0.15, -0.1) is 0 Å². The first-order chi connectivity index (χ1) is 43.7. The maximum Gasteiger partial charge on any atom is 0.413 e. The Labute approximate surface area is 555 Å². The number of rotatable bonds is 24. The molecule has 0 aliphatic carbocycles. The van der Waals surface area contributed by atoms with E-state index in [0.717, 1.165) is 28.8 Å². The number of ether oxygens (including phenoxy) is 8. The molecule has 6 rings (SSSR count). The number of aromatic amines is 1. The van der Waals surface area contributed by atoms with Gasteiger partial charge in [-0.2, -0.15) is 8.42 Å². The molecule has 3 saturated heterocycles. The molecule has 93 heavy (non-hydrogen) atoms. The number of carbonyl (C=O) groups excluding carboxylic acids is 4. The Morgan fingerprint density at radius 1 is 0.806 bits per heavy atom. The van der Waals surface area contributed by atoms with Crippen LogP contribution in [0.25, 0.3) is 11.0 Å². The average molecular weight is 1360 g/mol. The van der Waals surface area contributed by atoms with Gasteiger partial charge in [-0.25, -0.2) is 14.0 Å². The van der Waals surface area contributed by atoms with Crippen LogP contribution < -0.4 is 5.32 Å². The average Bonchev–Trinajstić information content (AvgIpc) is 1.41. The number of imidazole rings is 1. The van der Waals surface area contributed by atoms with Crippen LogP contribution in [0.5, 0.6) is 0 Å². The number of unbranched alkanes of at least 4 members (excludes halogenated alkanes) is 9. The third-order valence-corrected chi connectivity index (χ3v) is 19.4. The second-order valence-corrected chi connectivity index (χ2v) is 28.3. The molecular weight excluding hydrogens is 1240 g/mol. The number of aliphatic hydroxyl groups excluding tert-OH is 2. The van der Waals surface area contributed by atoms with E-state index < -0.39 is 130 Å². The number of hydrogen-bond acceptors (Lipinski definition) is 22. The number of amides is 1. The highest BCUT2D eigenvalue weighted by atomic mass is 32.3. The Morgan fingerprint density at radius 3 is 2.00 bits per heavy atom. The largest absolute Gasteiger partial charge is 0.459 e. The van der Waals surface area contributed by atoms with Crippen molar-refractivity contribution in [1.29, 1.82) is 0 Å². The van der Waals surface area contributed by atoms with Crippen molar-refractivity contribution in [3.05, 3.63) is 48.5 Å². The molecule has 7 N–H and O–H groups in total. The van der Waals surface area contributed by atoms with E-state index >= 15 is 0 Å². The third kappa shape index (κ3) is 24.6. The number of likely N-dealkylation sites (N-methyl/N-ethyl adjacent to an activating group) is 1. The van der Waals surface area contributed by atoms with Crippen molar-refractivity contribution in [3.63, 3.8) is 0 Å². The smallest absolute Gasteiger partial charge is 0.413 e. The van der Waals surface area contributed by atoms with Crippen LogP contribution in [-0.2, 0) is 66.9 Å². The number of H-pyrrole nitrogens is 1. The van der Waals surface area contributed by atoms with Crippen molar-refractivity contribution in [2.45, 2.75) is 273 Å². The fraction of sp³-hybridized carbons (Fsp3) is 0.746. The quantitative estimate of drug-likeness (QED) is 0.0190. The SMILES string of the molecule is CCC(=O)OC1C(OC2C(C)C(OC3CC(C)(OC)C(O)C(C)O3)C(C)C(=O)OC(CC)C(C)(O)C(O)C(C)C(=O)C(C)CC2(C)O)OC(C)CC1N(C)C.CCCCCCCCCCCCOS(=O)(=O)O.COC(=O)Nc1nc2ccc(Sc3ccccc3)cc2[nH]1. The third-order valence-electron chi connectivity index (χ3n) is 17.9. The molecule has 26 heteroatoms. The molecule has 3 aliphatic rings. The van der Waals surface area contributed by atoms with Crippen LogP contribution >= 0.6 is 11.8 Å². The molecule has 18 atom stereocenters. The molecule has 0 spiro atoms. The van der Waals surface area contributed by atoms with Gasteiger partial charge in [-0.1, -0.05) is 129 Å². The molecule has 1 amide bonds. The van der Waals surface area contributed by atoms with E-state index in [9.17, 15) is 48.0 Å². The van der Waals surface area contributed by atoms with Gasteiger partial charge in [0.05, 0.1) is 78.4 Å². The van der Waals surface area contributed by atoms with Gasteiger partial charge < -0.3 is 68.2 Å². The summed E-state index contributed by atoms with van der Waals surface area (Å²) in [5.41, 5.74) is -3.27. The van der Waals surface area contributed by atoms with E-state index in [1.165, 1.54) is 84.8 Å². The van der Waals surface area contributed by atoms with Gasteiger partial charge in [-0.3, -0.25) is 24.3 Å². The second kappa shape index (κ2) is 37.9. The lowest BCUT2D eigenvalue weighted by Gasteiger charge is -2.49. The minimum atomic E-state index is -4.23. The number of aromatic nitrogens is 2. The molecule has 1 aromatic heterocycles. The predicted molar refractivity (Wildman–Crippen MR) is 352 cm³/mol. The molecule has 18 unspecified atom stereocenters. The summed E-state index contributed by atoms with van der Waals surface area (Å²) in [7, 11) is 2.29. The van der Waals surface area contributed by atoms with E-state index in [0.29, 0.717) is 18.8 Å². The van der Waals surface area contributed by atoms with Gasteiger partial charge in [0.25, 0.3) is 0 Å². The molecule has 3 aliphatic heterocycles. The lowest BCUT2D eigenvalue weighted by Crippen LogP contribution is -2.61. The van der Waals surface area contributed by atoms with Crippen LogP contribution in [-0.4, -0.2) is 191 Å². The highest BCUT2D eigenvalue weighted by molar-refractivity contribution is 7.99. The fourth-order valence-electron chi connectivity index (χ4n) is 12.4. The number of anilines is 1. The van der Waals surface area contributed by atoms with Gasteiger partial charge in [0.2, 0.25) is 5.95 Å². The number of methoxy groups -OCH3 is 2. The van der Waals surface area contributed by atoms with Crippen LogP contribution in [0.4, 0.5) is 10.7 Å². The lowest BCUT2D eigenvalue weighted by molar-refractivity contribution is -0.319. The Kier molecular flexibility index (Phi) is 33.1. The van der Waals surface area contributed by atoms with Crippen molar-refractivity contribution >= 4 is 63.0 Å². The minimum Gasteiger partial charge on any atom is -0.459 e. The van der Waals surface area contributed by atoms with Gasteiger partial charge in [0.15, 0.2) is 18.7 Å². The van der Waals surface area contributed by atoms with Crippen LogP contribution in [0, 0.1) is 23.7 Å². The van der Waals surface area contributed by atoms with Crippen molar-refractivity contribution in [3.8, 4) is 0 Å². The van der Waals surface area contributed by atoms with Gasteiger partial charge in [0.1, 0.15) is 23.6 Å². The molecular formula is C67H110N4O20S2. The molecule has 0 radical (unpaired) electrons. The highest BCUT2D eigenvalue weighted by Crippen LogP contribution is 2.42. The van der Waals surface area contributed by atoms with Crippen LogP contribution in [0.15, 0.2) is 58.3 Å². The zero-order valence-corrected chi connectivity index (χ0v) is 59.3. The standard InChI is InChI=1S/C40H71NO14.C15H13N3O2S.C12H26O4S/c1-15-27-40(11,48)33(44)22(5)30(43)20(3)18-38(9,47)35(55-37-32(53-28(42)16-2)26(41(12)13)17-21(4)50-37)23(6)31(24(7)36(46)52-27)54-29-19-39(10,49-14)34(45)25(8)51-29;1-20-15(19)18-14-16-12-8-7-11(9-13(12)17-14)21-10-5-3-2-4-6-10;1-2-3-4-5-6-7-8-9-10-11-12-16-17(13,14)15/h20-27,29,31-35,37,44-45,47-48H,15-19H2,1-14H3;2-9H,1H3,(H2,16,17,18,19);2-12H2,1H3,(H,13,14,15). The molecule has 3 aromatic rings. The molecule has 24 nitrogen and oxygen atoms in total. The maximum absolute atomic E-state index is 14.2. The molecule has 0 saturated carbocycles. The van der Waals surface area contributed by atoms with Gasteiger partial charge >= 0.3 is 28.4 Å². The van der Waals surface area contributed by atoms with Crippen molar-refractivity contribution < 1.29 is 94.7 Å². The molecule has 3 fully saturated rings. The second-order valence-electron chi connectivity index (χ2n) is 26.0. The summed E-state index contributed by atoms with van der Waals surface area (Å²) in [6, 6.07) is 15.7. The fourth-order valence-corrected chi connectivity index (χ4v) is 13.6. The molecule has 0 bridgehead atoms. The highest BCUT2D eigenvalue weighted by Gasteiger charge is 2.54. The number of esters is 2. The predicted octanol–water partition coefficient (Wildman–Crippen LogP) is 10.4. The number of benzene rings is 2. The van der Waals surface area contributed by atoms with E-state index in [4.69, 9.17) is 37.7 Å². The molecule has 530 valence electrons. The van der Waals surface area contributed by atoms with Gasteiger partial charge in [-0.05, 0) is 112 Å². The van der Waals surface area contributed by atoms with E-state index in [1.807, 2.05) is 62.3 Å². The number of nitrogens with one attached hydrogen (secondary N) is 2. The summed E-state index contributed by atoms with van der Waals surface area (Å²) in [4.78, 5) is 63.6. The summed E-state index contributed by atoms with van der Waals surface area (Å²) in [6.45, 7) is 20.3. The number of cyclic esters (lactones) is 1. The summed E-state index contributed by atoms with van der Waals surface area (Å²) >= 11 is 1.67. The summed E-state index contributed by atoms with van der Waals surface area (Å²) in [5.74, 6) is -5.21. The normalized spacial score (nSPS) is 32.3. The first-order valence-electron chi connectivity index (χ1n) is 32.9. The van der Waals surface area contributed by atoms with Crippen molar-refractivity contribution in [1.82, 2.24) is 14.9 Å². The Hall–Kier alpha value is -4.39. The topological polar surface area (TPSA) is 331 Å². The number of hydrogen-bond donors (Lipinski definition) is 7. The molecule has 4 heterocycles. The number of ketones is 1. The van der Waals surface area contributed by atoms with Crippen LogP contribution in [0.1, 0.15) is 179 Å². The maximum atomic E-state index is 14.2. The lowest BCUT2D eigenvalue weighted by atomic mass is 9.74. The number of Topliss-reactive ketones (excluding diaryl/α,β-unsaturated/α-hetero) is 1. The van der Waals surface area contributed by atoms with Crippen LogP contribution in [0.2, 0.25) is 0 Å². The summed E-state index contributed by atoms with van der Waals surface area (Å²) in [5, 5.41) is 49.1. The Bertz CT molecular complexity index is 2860. The van der Waals surface area contributed by atoms with Gasteiger partial charge in [0, 0.05) is 47.5 Å². The zero-order valence-electron chi connectivity index (χ0n) is 57.7. The number of fused-ring (bicyclic) bond motifs is 1. The monoisotopic (exact) mass is 1350 g/mol. The Morgan fingerprint density at radius 2 is 1.43 bits per heavy atom. The zero-order chi connectivity index (χ0) is 69.6. The van der Waals surface area contributed by atoms with Crippen molar-refractivity contribution in [2.24, 2.45) is 23.7 Å². The van der Waals surface area contributed by atoms with E-state index in [2.05, 4.69) is 43.3 Å². The minimum absolute atomic E-state index is 0.0760. The Balaban J connectivity index is 0.000000390. The number of aliphatic hydroxyl groups is 4. The first kappa shape index (κ1) is 81.0. The summed E-state index contributed by atoms with van der Waals surface area (Å²) in [6.07, 6.45) is 1.62. The first-order valence-corrected chi connectivity index (χ1v) is 35.1. The van der Waals surface area contributed by atoms with Crippen molar-refractivity contribution in [2.75, 3.05) is 40.2 Å². The summed E-state index contributed by atoms with van der Waals surface area (Å²) < 4.78 is 81.1. The molecule has 2 aromatic carbocycles.